The van der Waals surface area contributed by atoms with Gasteiger partial charge in [0.25, 0.3) is 5.91 Å². The van der Waals surface area contributed by atoms with Crippen molar-refractivity contribution >= 4 is 27.5 Å². The van der Waals surface area contributed by atoms with E-state index in [1.807, 2.05) is 0 Å². The molecular weight excluding hydrogens is 381 g/mol. The molecule has 0 bridgehead atoms. The zero-order valence-corrected chi connectivity index (χ0v) is 17.0. The van der Waals surface area contributed by atoms with Crippen LogP contribution in [0.4, 0.5) is 4.39 Å². The van der Waals surface area contributed by atoms with Crippen molar-refractivity contribution in [2.24, 2.45) is 17.8 Å². The largest absolute Gasteiger partial charge is 0.488 e. The minimum Gasteiger partial charge on any atom is -0.488 e. The van der Waals surface area contributed by atoms with Crippen LogP contribution in [0.1, 0.15) is 50.4 Å². The number of nitrogens with one attached hydrogen (secondary N) is 1. The molecule has 5 nitrogen and oxygen atoms in total. The molecule has 3 atom stereocenters. The third-order valence-corrected chi connectivity index (χ3v) is 5.64. The van der Waals surface area contributed by atoms with Crippen LogP contribution < -0.4 is 9.46 Å². The third kappa shape index (κ3) is 5.33. The Morgan fingerprint density at radius 3 is 2.58 bits per heavy atom. The fraction of sp³-hybridized carbons (Fsp3) is 0.611. The van der Waals surface area contributed by atoms with Gasteiger partial charge in [-0.3, -0.25) is 4.79 Å². The lowest BCUT2D eigenvalue weighted by Gasteiger charge is -2.37. The van der Waals surface area contributed by atoms with Crippen molar-refractivity contribution in [3.63, 3.8) is 0 Å². The molecule has 0 aliphatic heterocycles. The molecule has 1 amide bonds. The molecule has 0 saturated heterocycles. The van der Waals surface area contributed by atoms with Gasteiger partial charge in [0.2, 0.25) is 10.0 Å². The van der Waals surface area contributed by atoms with E-state index in [0.29, 0.717) is 17.8 Å². The van der Waals surface area contributed by atoms with Gasteiger partial charge in [-0.05, 0) is 36.7 Å². The topological polar surface area (TPSA) is 72.5 Å². The molecule has 1 N–H and O–H groups in total. The van der Waals surface area contributed by atoms with Crippen molar-refractivity contribution in [1.29, 1.82) is 0 Å². The average molecular weight is 406 g/mol. The van der Waals surface area contributed by atoms with E-state index < -0.39 is 27.3 Å². The number of rotatable bonds is 5. The summed E-state index contributed by atoms with van der Waals surface area (Å²) in [5, 5.41) is 0.0748. The SMILES string of the molecule is CC(C)[C@H]1CC[C@H](C)CC1Oc1cc(F)c(C(=O)NS(C)(=O)=O)cc1Cl. The molecule has 26 heavy (non-hydrogen) atoms. The molecule has 1 aliphatic carbocycles. The molecule has 0 radical (unpaired) electrons. The Morgan fingerprint density at radius 1 is 1.35 bits per heavy atom. The first kappa shape index (κ1) is 21.0. The number of halogens is 2. The van der Waals surface area contributed by atoms with Crippen molar-refractivity contribution in [3.8, 4) is 5.75 Å². The van der Waals surface area contributed by atoms with Crippen LogP contribution in [-0.4, -0.2) is 26.7 Å². The number of amides is 1. The second-order valence-corrected chi connectivity index (χ2v) is 9.60. The second-order valence-electron chi connectivity index (χ2n) is 7.45. The van der Waals surface area contributed by atoms with Gasteiger partial charge < -0.3 is 4.74 Å². The summed E-state index contributed by atoms with van der Waals surface area (Å²) in [6.07, 6.45) is 3.77. The number of carbonyl (C=O) groups excluding carboxylic acids is 1. The summed E-state index contributed by atoms with van der Waals surface area (Å²) >= 11 is 6.18. The summed E-state index contributed by atoms with van der Waals surface area (Å²) in [7, 11) is -3.80. The van der Waals surface area contributed by atoms with E-state index in [-0.39, 0.29) is 16.9 Å². The van der Waals surface area contributed by atoms with E-state index in [1.165, 1.54) is 0 Å². The van der Waals surface area contributed by atoms with Crippen LogP contribution in [0, 0.1) is 23.6 Å². The number of ether oxygens (including phenoxy) is 1. The maximum atomic E-state index is 14.3. The Hall–Kier alpha value is -1.34. The Bertz CT molecular complexity index is 782. The average Bonchev–Trinajstić information content (AvgIpc) is 2.48. The molecule has 2 rings (SSSR count). The fourth-order valence-corrected chi connectivity index (χ4v) is 4.08. The van der Waals surface area contributed by atoms with Crippen molar-refractivity contribution in [3.05, 3.63) is 28.5 Å². The Kier molecular flexibility index (Phi) is 6.55. The summed E-state index contributed by atoms with van der Waals surface area (Å²) in [6, 6.07) is 2.15. The van der Waals surface area contributed by atoms with Crippen LogP contribution in [0.15, 0.2) is 12.1 Å². The lowest BCUT2D eigenvalue weighted by Crippen LogP contribution is -2.36. The van der Waals surface area contributed by atoms with Gasteiger partial charge in [-0.2, -0.15) is 0 Å². The predicted octanol–water partition coefficient (Wildman–Crippen LogP) is 4.01. The number of hydrogen-bond acceptors (Lipinski definition) is 4. The Balaban J connectivity index is 2.25. The summed E-state index contributed by atoms with van der Waals surface area (Å²) in [5.41, 5.74) is -0.440. The first-order valence-electron chi connectivity index (χ1n) is 8.65. The van der Waals surface area contributed by atoms with Gasteiger partial charge in [0.1, 0.15) is 17.7 Å². The molecule has 1 fully saturated rings. The smallest absolute Gasteiger partial charge is 0.267 e. The van der Waals surface area contributed by atoms with Gasteiger partial charge in [-0.15, -0.1) is 0 Å². The fourth-order valence-electron chi connectivity index (χ4n) is 3.43. The van der Waals surface area contributed by atoms with E-state index >= 15 is 0 Å². The number of sulfonamides is 1. The maximum absolute atomic E-state index is 14.3. The second kappa shape index (κ2) is 8.13. The third-order valence-electron chi connectivity index (χ3n) is 4.78. The van der Waals surface area contributed by atoms with E-state index in [0.717, 1.165) is 37.7 Å². The van der Waals surface area contributed by atoms with Gasteiger partial charge in [0, 0.05) is 6.07 Å². The van der Waals surface area contributed by atoms with E-state index in [9.17, 15) is 17.6 Å². The highest BCUT2D eigenvalue weighted by molar-refractivity contribution is 7.89. The summed E-state index contributed by atoms with van der Waals surface area (Å²) in [6.45, 7) is 6.43. The Labute approximate surface area is 159 Å². The maximum Gasteiger partial charge on any atom is 0.267 e. The van der Waals surface area contributed by atoms with Crippen LogP contribution in [0.3, 0.4) is 0 Å². The zero-order valence-electron chi connectivity index (χ0n) is 15.4. The van der Waals surface area contributed by atoms with Gasteiger partial charge in [-0.25, -0.2) is 17.5 Å². The van der Waals surface area contributed by atoms with Gasteiger partial charge in [0.15, 0.2) is 0 Å². The van der Waals surface area contributed by atoms with Gasteiger partial charge in [-0.1, -0.05) is 38.8 Å². The minimum atomic E-state index is -3.80. The normalized spacial score (nSPS) is 23.7. The molecule has 0 aromatic heterocycles. The quantitative estimate of drug-likeness (QED) is 0.803. The van der Waals surface area contributed by atoms with Crippen molar-refractivity contribution in [1.82, 2.24) is 4.72 Å². The molecule has 1 unspecified atom stereocenters. The minimum absolute atomic E-state index is 0.0748. The Morgan fingerprint density at radius 2 is 2.00 bits per heavy atom. The number of benzene rings is 1. The van der Waals surface area contributed by atoms with E-state index in [2.05, 4.69) is 20.8 Å². The number of hydrogen-bond donors (Lipinski definition) is 1. The van der Waals surface area contributed by atoms with E-state index in [1.54, 1.807) is 4.72 Å². The molecule has 1 aromatic carbocycles. The molecule has 146 valence electrons. The van der Waals surface area contributed by atoms with E-state index in [4.69, 9.17) is 16.3 Å². The molecule has 1 aliphatic rings. The van der Waals surface area contributed by atoms with Crippen LogP contribution in [-0.2, 0) is 10.0 Å². The van der Waals surface area contributed by atoms with Crippen LogP contribution in [0.25, 0.3) is 0 Å². The molecule has 0 heterocycles. The first-order valence-corrected chi connectivity index (χ1v) is 10.9. The molecule has 1 aromatic rings. The molecule has 1 saturated carbocycles. The zero-order chi connectivity index (χ0) is 19.6. The van der Waals surface area contributed by atoms with Crippen molar-refractivity contribution in [2.45, 2.75) is 46.1 Å². The summed E-state index contributed by atoms with van der Waals surface area (Å²) < 4.78 is 44.4. The monoisotopic (exact) mass is 405 g/mol. The molecule has 0 spiro atoms. The predicted molar refractivity (Wildman–Crippen MR) is 99.5 cm³/mol. The van der Waals surface area contributed by atoms with Crippen LogP contribution >= 0.6 is 11.6 Å². The standard InChI is InChI=1S/C18H25ClFNO4S/c1-10(2)12-6-5-11(3)7-16(12)25-17-9-15(20)13(8-14(17)19)18(22)21-26(4,23)24/h8-12,16H,5-7H2,1-4H3,(H,21,22)/t11-,12+,16?/m0/s1. The van der Waals surface area contributed by atoms with Gasteiger partial charge in [0.05, 0.1) is 16.8 Å². The van der Waals surface area contributed by atoms with Crippen molar-refractivity contribution < 1.29 is 22.3 Å². The first-order chi connectivity index (χ1) is 12.0. The molecular formula is C18H25ClFNO4S. The van der Waals surface area contributed by atoms with Crippen molar-refractivity contribution in [2.75, 3.05) is 6.26 Å². The molecule has 8 heteroatoms. The highest BCUT2D eigenvalue weighted by atomic mass is 35.5. The summed E-state index contributed by atoms with van der Waals surface area (Å²) in [5.74, 6) is -0.488. The lowest BCUT2D eigenvalue weighted by atomic mass is 9.75. The highest BCUT2D eigenvalue weighted by Crippen LogP contribution is 2.38. The number of carbonyl (C=O) groups is 1. The highest BCUT2D eigenvalue weighted by Gasteiger charge is 2.33. The summed E-state index contributed by atoms with van der Waals surface area (Å²) in [4.78, 5) is 11.9. The van der Waals surface area contributed by atoms with Crippen LogP contribution in [0.5, 0.6) is 5.75 Å². The lowest BCUT2D eigenvalue weighted by molar-refractivity contribution is 0.0458. The van der Waals surface area contributed by atoms with Gasteiger partial charge >= 0.3 is 0 Å². The van der Waals surface area contributed by atoms with Crippen LogP contribution in [0.2, 0.25) is 5.02 Å².